The van der Waals surface area contributed by atoms with Crippen LogP contribution in [0, 0.1) is 0 Å². The number of hydrogen-bond donors (Lipinski definition) is 2. The van der Waals surface area contributed by atoms with E-state index in [2.05, 4.69) is 15.7 Å². The molecule has 1 fully saturated rings. The molecular weight excluding hydrogens is 304 g/mol. The lowest BCUT2D eigenvalue weighted by molar-refractivity contribution is -0.132. The molecule has 1 saturated heterocycles. The molecule has 1 aliphatic heterocycles. The summed E-state index contributed by atoms with van der Waals surface area (Å²) in [6.07, 6.45) is 4.71. The third-order valence-corrected chi connectivity index (χ3v) is 6.01. The van der Waals surface area contributed by atoms with Crippen molar-refractivity contribution in [3.05, 3.63) is 18.5 Å². The van der Waals surface area contributed by atoms with Crippen molar-refractivity contribution in [1.29, 1.82) is 0 Å². The molecule has 124 valence electrons. The van der Waals surface area contributed by atoms with Crippen molar-refractivity contribution < 1.29 is 13.2 Å². The van der Waals surface area contributed by atoms with Crippen molar-refractivity contribution in [2.24, 2.45) is 0 Å². The number of sulfone groups is 1. The molecule has 1 aromatic heterocycles. The van der Waals surface area contributed by atoms with E-state index in [1.54, 1.807) is 37.0 Å². The second-order valence-electron chi connectivity index (χ2n) is 5.81. The molecule has 0 aliphatic carbocycles. The molecule has 2 heterocycles. The van der Waals surface area contributed by atoms with Crippen LogP contribution in [0.2, 0.25) is 0 Å². The number of aromatic nitrogens is 2. The van der Waals surface area contributed by atoms with Gasteiger partial charge in [-0.1, -0.05) is 6.92 Å². The van der Waals surface area contributed by atoms with Crippen LogP contribution in [0.15, 0.2) is 18.5 Å². The Hall–Kier alpha value is -1.41. The zero-order valence-corrected chi connectivity index (χ0v) is 13.9. The SMILES string of the molecule is CCS(=O)(=O)CC(C)NC(=O)C1(n2cccn2)CCNCC1. The van der Waals surface area contributed by atoms with Gasteiger partial charge in [-0.15, -0.1) is 0 Å². The Balaban J connectivity index is 2.13. The lowest BCUT2D eigenvalue weighted by Crippen LogP contribution is -2.56. The minimum atomic E-state index is -3.12. The van der Waals surface area contributed by atoms with Gasteiger partial charge in [0, 0.05) is 24.2 Å². The van der Waals surface area contributed by atoms with Crippen LogP contribution in [0.5, 0.6) is 0 Å². The summed E-state index contributed by atoms with van der Waals surface area (Å²) < 4.78 is 25.1. The van der Waals surface area contributed by atoms with Gasteiger partial charge in [0.1, 0.15) is 5.54 Å². The fraction of sp³-hybridized carbons (Fsp3) is 0.714. The van der Waals surface area contributed by atoms with Gasteiger partial charge < -0.3 is 10.6 Å². The molecule has 1 amide bonds. The number of piperidine rings is 1. The highest BCUT2D eigenvalue weighted by atomic mass is 32.2. The van der Waals surface area contributed by atoms with Crippen LogP contribution in [0.25, 0.3) is 0 Å². The van der Waals surface area contributed by atoms with Crippen molar-refractivity contribution in [3.63, 3.8) is 0 Å². The van der Waals surface area contributed by atoms with E-state index in [9.17, 15) is 13.2 Å². The van der Waals surface area contributed by atoms with Gasteiger partial charge in [0.2, 0.25) is 5.91 Å². The van der Waals surface area contributed by atoms with Gasteiger partial charge in [0.05, 0.1) is 5.75 Å². The van der Waals surface area contributed by atoms with Gasteiger partial charge in [0.25, 0.3) is 0 Å². The molecule has 1 unspecified atom stereocenters. The number of carbonyl (C=O) groups excluding carboxylic acids is 1. The highest BCUT2D eigenvalue weighted by Crippen LogP contribution is 2.27. The second-order valence-corrected chi connectivity index (χ2v) is 8.20. The topological polar surface area (TPSA) is 93.1 Å². The average Bonchev–Trinajstić information content (AvgIpc) is 3.02. The highest BCUT2D eigenvalue weighted by molar-refractivity contribution is 7.91. The summed E-state index contributed by atoms with van der Waals surface area (Å²) in [7, 11) is -3.12. The Labute approximate surface area is 131 Å². The normalized spacial score (nSPS) is 19.5. The Morgan fingerprint density at radius 1 is 1.45 bits per heavy atom. The van der Waals surface area contributed by atoms with Crippen molar-refractivity contribution in [2.75, 3.05) is 24.6 Å². The van der Waals surface area contributed by atoms with Gasteiger partial charge in [0.15, 0.2) is 9.84 Å². The molecule has 1 atom stereocenters. The van der Waals surface area contributed by atoms with Gasteiger partial charge in [-0.2, -0.15) is 5.10 Å². The molecule has 22 heavy (non-hydrogen) atoms. The fourth-order valence-corrected chi connectivity index (χ4v) is 3.90. The monoisotopic (exact) mass is 328 g/mol. The van der Waals surface area contributed by atoms with E-state index in [1.807, 2.05) is 0 Å². The van der Waals surface area contributed by atoms with Crippen LogP contribution in [-0.2, 0) is 20.2 Å². The first kappa shape index (κ1) is 17.0. The van der Waals surface area contributed by atoms with Crippen molar-refractivity contribution in [1.82, 2.24) is 20.4 Å². The van der Waals surface area contributed by atoms with E-state index in [4.69, 9.17) is 0 Å². The van der Waals surface area contributed by atoms with E-state index in [1.165, 1.54) is 0 Å². The van der Waals surface area contributed by atoms with Gasteiger partial charge in [-0.25, -0.2) is 8.42 Å². The quantitative estimate of drug-likeness (QED) is 0.761. The number of carbonyl (C=O) groups is 1. The van der Waals surface area contributed by atoms with Gasteiger partial charge in [-0.3, -0.25) is 9.48 Å². The largest absolute Gasteiger partial charge is 0.351 e. The van der Waals surface area contributed by atoms with E-state index in [0.29, 0.717) is 12.8 Å². The molecule has 8 heteroatoms. The number of hydrogen-bond acceptors (Lipinski definition) is 5. The third-order valence-electron chi connectivity index (χ3n) is 4.12. The molecule has 0 bridgehead atoms. The molecule has 7 nitrogen and oxygen atoms in total. The second kappa shape index (κ2) is 6.78. The molecule has 0 radical (unpaired) electrons. The Morgan fingerprint density at radius 3 is 2.68 bits per heavy atom. The zero-order chi connectivity index (χ0) is 16.2. The standard InChI is InChI=1S/C14H24N4O3S/c1-3-22(20,21)11-12(2)17-13(19)14(5-8-15-9-6-14)18-10-4-7-16-18/h4,7,10,12,15H,3,5-6,8-9,11H2,1-2H3,(H,17,19). The van der Waals surface area contributed by atoms with Crippen molar-refractivity contribution >= 4 is 15.7 Å². The maximum atomic E-state index is 12.8. The van der Waals surface area contributed by atoms with Crippen LogP contribution in [0.4, 0.5) is 0 Å². The predicted octanol–water partition coefficient (Wildman–Crippen LogP) is -0.0988. The Bertz CT molecular complexity index is 592. The predicted molar refractivity (Wildman–Crippen MR) is 84.2 cm³/mol. The summed E-state index contributed by atoms with van der Waals surface area (Å²) in [4.78, 5) is 12.8. The number of nitrogens with one attached hydrogen (secondary N) is 2. The van der Waals surface area contributed by atoms with Crippen LogP contribution >= 0.6 is 0 Å². The van der Waals surface area contributed by atoms with Gasteiger partial charge in [-0.05, 0) is 38.9 Å². The van der Waals surface area contributed by atoms with Crippen LogP contribution in [-0.4, -0.2) is 54.7 Å². The maximum absolute atomic E-state index is 12.8. The fourth-order valence-electron chi connectivity index (χ4n) is 2.82. The van der Waals surface area contributed by atoms with Crippen molar-refractivity contribution in [2.45, 2.75) is 38.3 Å². The Morgan fingerprint density at radius 2 is 2.14 bits per heavy atom. The molecule has 0 saturated carbocycles. The van der Waals surface area contributed by atoms with Crippen LogP contribution in [0.3, 0.4) is 0 Å². The van der Waals surface area contributed by atoms with Gasteiger partial charge >= 0.3 is 0 Å². The maximum Gasteiger partial charge on any atom is 0.248 e. The van der Waals surface area contributed by atoms with Crippen LogP contribution in [0.1, 0.15) is 26.7 Å². The summed E-state index contributed by atoms with van der Waals surface area (Å²) in [5.74, 6) is -0.110. The average molecular weight is 328 g/mol. The lowest BCUT2D eigenvalue weighted by atomic mass is 9.87. The van der Waals surface area contributed by atoms with Crippen LogP contribution < -0.4 is 10.6 Å². The minimum Gasteiger partial charge on any atom is -0.351 e. The van der Waals surface area contributed by atoms with E-state index in [-0.39, 0.29) is 17.4 Å². The van der Waals surface area contributed by atoms with E-state index >= 15 is 0 Å². The highest BCUT2D eigenvalue weighted by Gasteiger charge is 2.42. The summed E-state index contributed by atoms with van der Waals surface area (Å²) in [6.45, 7) is 4.80. The number of amides is 1. The zero-order valence-electron chi connectivity index (χ0n) is 13.1. The first-order chi connectivity index (χ1) is 10.4. The molecule has 2 N–H and O–H groups in total. The summed E-state index contributed by atoms with van der Waals surface area (Å²) in [5, 5.41) is 10.3. The third kappa shape index (κ3) is 3.67. The minimum absolute atomic E-state index is 0.0390. The first-order valence-corrected chi connectivity index (χ1v) is 9.44. The van der Waals surface area contributed by atoms with E-state index in [0.717, 1.165) is 13.1 Å². The molecule has 1 aromatic rings. The summed E-state index contributed by atoms with van der Waals surface area (Å²) in [6, 6.07) is 1.38. The molecule has 0 spiro atoms. The summed E-state index contributed by atoms with van der Waals surface area (Å²) >= 11 is 0. The first-order valence-electron chi connectivity index (χ1n) is 7.62. The van der Waals surface area contributed by atoms with Crippen molar-refractivity contribution in [3.8, 4) is 0 Å². The number of nitrogens with zero attached hydrogens (tertiary/aromatic N) is 2. The molecule has 1 aliphatic rings. The summed E-state index contributed by atoms with van der Waals surface area (Å²) in [5.41, 5.74) is -0.737. The molecular formula is C14H24N4O3S. The molecule has 0 aromatic carbocycles. The lowest BCUT2D eigenvalue weighted by Gasteiger charge is -2.37. The van der Waals surface area contributed by atoms with E-state index < -0.39 is 21.4 Å². The Kier molecular flexibility index (Phi) is 5.23. The molecule has 2 rings (SSSR count). The number of rotatable bonds is 6. The smallest absolute Gasteiger partial charge is 0.248 e.